The molecule has 1 fully saturated rings. The Morgan fingerprint density at radius 1 is 1.20 bits per heavy atom. The molecule has 10 heteroatoms. The van der Waals surface area contributed by atoms with Gasteiger partial charge in [0.25, 0.3) is 0 Å². The zero-order valence-corrected chi connectivity index (χ0v) is 26.0. The van der Waals surface area contributed by atoms with E-state index in [1.54, 1.807) is 43.9 Å². The van der Waals surface area contributed by atoms with Crippen LogP contribution in [-0.4, -0.2) is 76.2 Å². The lowest BCUT2D eigenvalue weighted by molar-refractivity contribution is -0.141. The molecule has 1 aliphatic rings. The van der Waals surface area contributed by atoms with Crippen molar-refractivity contribution in [3.63, 3.8) is 0 Å². The molecule has 0 spiro atoms. The summed E-state index contributed by atoms with van der Waals surface area (Å²) < 4.78 is 10.9. The highest BCUT2D eigenvalue weighted by molar-refractivity contribution is 5.93. The fourth-order valence-electron chi connectivity index (χ4n) is 5.18. The molecule has 41 heavy (non-hydrogen) atoms. The number of amides is 3. The number of nitrogens with one attached hydrogen (secondary N) is 2. The van der Waals surface area contributed by atoms with Crippen molar-refractivity contribution in [2.24, 2.45) is 5.92 Å². The van der Waals surface area contributed by atoms with E-state index >= 15 is 0 Å². The third-order valence-electron chi connectivity index (χ3n) is 7.67. The van der Waals surface area contributed by atoms with E-state index < -0.39 is 23.4 Å². The number of pyridine rings is 1. The van der Waals surface area contributed by atoms with Crippen LogP contribution in [-0.2, 0) is 14.3 Å². The van der Waals surface area contributed by atoms with Gasteiger partial charge in [0.2, 0.25) is 11.8 Å². The largest absolute Gasteiger partial charge is 0.497 e. The van der Waals surface area contributed by atoms with Crippen molar-refractivity contribution < 1.29 is 23.9 Å². The van der Waals surface area contributed by atoms with Gasteiger partial charge in [0.1, 0.15) is 29.6 Å². The van der Waals surface area contributed by atoms with Gasteiger partial charge in [-0.2, -0.15) is 0 Å². The molecular weight excluding hydrogens is 522 g/mol. The Kier molecular flexibility index (Phi) is 10.1. The second-order valence-electron chi connectivity index (χ2n) is 12.4. The number of nitrogens with zero attached hydrogens (tertiary/aromatic N) is 3. The van der Waals surface area contributed by atoms with Crippen molar-refractivity contribution in [2.45, 2.75) is 98.0 Å². The molecule has 0 radical (unpaired) electrons. The molecule has 2 N–H and O–H groups in total. The number of ether oxygens (including phenoxy) is 2. The molecule has 3 atom stereocenters. The molecule has 2 heterocycles. The van der Waals surface area contributed by atoms with Gasteiger partial charge in [0, 0.05) is 30.2 Å². The maximum Gasteiger partial charge on any atom is 0.408 e. The van der Waals surface area contributed by atoms with E-state index in [-0.39, 0.29) is 30.3 Å². The van der Waals surface area contributed by atoms with Crippen LogP contribution in [0.25, 0.3) is 10.9 Å². The van der Waals surface area contributed by atoms with Crippen LogP contribution in [0, 0.1) is 5.92 Å². The zero-order valence-electron chi connectivity index (χ0n) is 26.0. The highest BCUT2D eigenvalue weighted by Crippen LogP contribution is 2.31. The lowest BCUT2D eigenvalue weighted by Crippen LogP contribution is -2.58. The van der Waals surface area contributed by atoms with Crippen LogP contribution in [0.4, 0.5) is 10.5 Å². The molecule has 226 valence electrons. The number of alkyl carbamates (subject to hydrolysis) is 1. The van der Waals surface area contributed by atoms with Crippen LogP contribution in [0.2, 0.25) is 0 Å². The minimum absolute atomic E-state index is 0.0238. The molecule has 0 aliphatic carbocycles. The fourth-order valence-corrected chi connectivity index (χ4v) is 5.18. The second-order valence-corrected chi connectivity index (χ2v) is 12.4. The molecule has 3 rings (SSSR count). The van der Waals surface area contributed by atoms with Crippen LogP contribution >= 0.6 is 0 Å². The third-order valence-corrected chi connectivity index (χ3v) is 7.67. The van der Waals surface area contributed by atoms with Gasteiger partial charge in [0.05, 0.1) is 18.3 Å². The number of aromatic nitrogens is 1. The monoisotopic (exact) mass is 569 g/mol. The van der Waals surface area contributed by atoms with E-state index in [1.165, 1.54) is 0 Å². The number of methoxy groups -OCH3 is 1. The first-order valence-electron chi connectivity index (χ1n) is 14.5. The molecule has 1 aromatic carbocycles. The third kappa shape index (κ3) is 7.80. The van der Waals surface area contributed by atoms with Gasteiger partial charge in [-0.05, 0) is 72.4 Å². The van der Waals surface area contributed by atoms with Gasteiger partial charge in [0.15, 0.2) is 0 Å². The Bertz CT molecular complexity index is 1240. The maximum atomic E-state index is 13.7. The number of fused-ring (bicyclic) bond motifs is 1. The van der Waals surface area contributed by atoms with Crippen LogP contribution in [0.5, 0.6) is 5.75 Å². The average molecular weight is 570 g/mol. The summed E-state index contributed by atoms with van der Waals surface area (Å²) in [5.41, 5.74) is 0.255. The van der Waals surface area contributed by atoms with Crippen molar-refractivity contribution in [1.82, 2.24) is 20.1 Å². The molecule has 3 amide bonds. The minimum Gasteiger partial charge on any atom is -0.497 e. The van der Waals surface area contributed by atoms with E-state index in [1.807, 2.05) is 52.0 Å². The first kappa shape index (κ1) is 32.0. The van der Waals surface area contributed by atoms with Crippen LogP contribution < -0.4 is 15.4 Å². The fraction of sp³-hybridized carbons (Fsp3) is 0.613. The van der Waals surface area contributed by atoms with Crippen molar-refractivity contribution in [3.05, 3.63) is 30.5 Å². The number of hydrogen-bond acceptors (Lipinski definition) is 7. The van der Waals surface area contributed by atoms with Crippen molar-refractivity contribution >= 4 is 34.5 Å². The summed E-state index contributed by atoms with van der Waals surface area (Å²) in [6.45, 7) is 15.6. The van der Waals surface area contributed by atoms with Crippen molar-refractivity contribution in [1.29, 1.82) is 0 Å². The van der Waals surface area contributed by atoms with Gasteiger partial charge in [-0.1, -0.05) is 26.3 Å². The lowest BCUT2D eigenvalue weighted by atomic mass is 9.97. The lowest BCUT2D eigenvalue weighted by Gasteiger charge is -2.40. The number of rotatable bonds is 11. The molecule has 2 aromatic rings. The summed E-state index contributed by atoms with van der Waals surface area (Å²) in [5, 5.41) is 7.31. The summed E-state index contributed by atoms with van der Waals surface area (Å²) in [7, 11) is 1.65. The maximum absolute atomic E-state index is 13.7. The topological polar surface area (TPSA) is 113 Å². The Balaban J connectivity index is 1.65. The van der Waals surface area contributed by atoms with E-state index in [0.717, 1.165) is 35.2 Å². The predicted molar refractivity (Wildman–Crippen MR) is 161 cm³/mol. The number of benzene rings is 1. The van der Waals surface area contributed by atoms with Gasteiger partial charge < -0.3 is 29.9 Å². The van der Waals surface area contributed by atoms with Crippen molar-refractivity contribution in [2.75, 3.05) is 25.5 Å². The van der Waals surface area contributed by atoms with Crippen LogP contribution in [0.15, 0.2) is 30.5 Å². The highest BCUT2D eigenvalue weighted by Gasteiger charge is 2.48. The van der Waals surface area contributed by atoms with Gasteiger partial charge in [-0.25, -0.2) is 4.79 Å². The van der Waals surface area contributed by atoms with Crippen LogP contribution in [0.1, 0.15) is 74.7 Å². The van der Waals surface area contributed by atoms with E-state index in [0.29, 0.717) is 13.0 Å². The zero-order chi connectivity index (χ0) is 30.5. The number of carbonyl (C=O) groups excluding carboxylic acids is 3. The first-order chi connectivity index (χ1) is 19.2. The summed E-state index contributed by atoms with van der Waals surface area (Å²) in [6.07, 6.45) is 3.35. The number of hydrogen-bond donors (Lipinski definition) is 2. The predicted octanol–water partition coefficient (Wildman–Crippen LogP) is 5.17. The summed E-state index contributed by atoms with van der Waals surface area (Å²) in [6, 6.07) is 7.12. The number of anilines is 1. The Hall–Kier alpha value is -3.56. The van der Waals surface area contributed by atoms with Gasteiger partial charge >= 0.3 is 6.09 Å². The normalized spacial score (nSPS) is 17.2. The molecule has 0 saturated carbocycles. The molecule has 10 nitrogen and oxygen atoms in total. The van der Waals surface area contributed by atoms with E-state index in [9.17, 15) is 14.4 Å². The standard InChI is InChI=1S/C31H47N5O5/c1-10-20(2)26(34-29(39)41-30(4,5)6)28(38)36-19-25(37)35(31(36,7)8)16-12-13-21(3)33-24-18-23(40-9)17-22-14-11-15-32-27(22)24/h11,14-15,17-18,20-21,26,33H,10,12-13,16,19H2,1-9H3,(H,34,39)/t20-,21?,26-/m0/s1. The summed E-state index contributed by atoms with van der Waals surface area (Å²) in [4.78, 5) is 47.3. The minimum atomic E-state index is -0.834. The molecule has 1 aliphatic heterocycles. The quantitative estimate of drug-likeness (QED) is 0.384. The molecule has 1 unspecified atom stereocenters. The highest BCUT2D eigenvalue weighted by atomic mass is 16.6. The molecule has 1 saturated heterocycles. The molecule has 0 bridgehead atoms. The Morgan fingerprint density at radius 2 is 1.90 bits per heavy atom. The van der Waals surface area contributed by atoms with Gasteiger partial charge in [-0.15, -0.1) is 0 Å². The molecule has 1 aromatic heterocycles. The SMILES string of the molecule is CC[C@H](C)[C@H](NC(=O)OC(C)(C)C)C(=O)N1CC(=O)N(CCCC(C)Nc2cc(OC)cc3cccnc23)C1(C)C. The molecular formula is C31H47N5O5. The Labute approximate surface area is 244 Å². The second kappa shape index (κ2) is 13.0. The number of carbonyl (C=O) groups is 3. The van der Waals surface area contributed by atoms with Gasteiger partial charge in [-0.3, -0.25) is 14.6 Å². The van der Waals surface area contributed by atoms with E-state index in [2.05, 4.69) is 22.5 Å². The smallest absolute Gasteiger partial charge is 0.408 e. The first-order valence-corrected chi connectivity index (χ1v) is 14.5. The van der Waals surface area contributed by atoms with Crippen molar-refractivity contribution in [3.8, 4) is 5.75 Å². The van der Waals surface area contributed by atoms with E-state index in [4.69, 9.17) is 9.47 Å². The summed E-state index contributed by atoms with van der Waals surface area (Å²) >= 11 is 0. The average Bonchev–Trinajstić information content (AvgIpc) is 3.13. The van der Waals surface area contributed by atoms with Crippen LogP contribution in [0.3, 0.4) is 0 Å². The Morgan fingerprint density at radius 3 is 2.54 bits per heavy atom. The summed E-state index contributed by atoms with van der Waals surface area (Å²) in [5.74, 6) is 0.237.